The number of rotatable bonds is 9. The van der Waals surface area contributed by atoms with E-state index in [1.807, 2.05) is 24.8 Å². The molecule has 3 aromatic rings. The molecule has 3 rings (SSSR count). The lowest BCUT2D eigenvalue weighted by molar-refractivity contribution is -0.133. The number of aromatic amines is 1. The zero-order valence-electron chi connectivity index (χ0n) is 17.6. The van der Waals surface area contributed by atoms with Crippen LogP contribution >= 0.6 is 0 Å². The fraction of sp³-hybridized carbons (Fsp3) is 0.348. The van der Waals surface area contributed by atoms with Crippen LogP contribution in [0.3, 0.4) is 0 Å². The highest BCUT2D eigenvalue weighted by Gasteiger charge is 2.15. The first-order valence-electron chi connectivity index (χ1n) is 10.1. The third kappa shape index (κ3) is 4.79. The molecule has 30 heavy (non-hydrogen) atoms. The molecule has 0 fully saturated rings. The third-order valence-electron chi connectivity index (χ3n) is 4.74. The van der Waals surface area contributed by atoms with E-state index in [1.165, 1.54) is 7.11 Å². The molecule has 0 atom stereocenters. The molecule has 0 bridgehead atoms. The maximum absolute atomic E-state index is 12.5. The van der Waals surface area contributed by atoms with Crippen LogP contribution in [0.5, 0.6) is 11.5 Å². The van der Waals surface area contributed by atoms with Crippen LogP contribution in [-0.2, 0) is 4.79 Å². The molecule has 1 heterocycles. The minimum absolute atomic E-state index is 0.0506. The monoisotopic (exact) mass is 409 g/mol. The number of carbonyl (C=O) groups is 1. The summed E-state index contributed by atoms with van der Waals surface area (Å²) < 4.78 is 11.2. The second-order valence-electron chi connectivity index (χ2n) is 6.97. The number of hydrogen-bond donors (Lipinski definition) is 1. The number of aromatic nitrogens is 2. The Balaban J connectivity index is 1.82. The summed E-state index contributed by atoms with van der Waals surface area (Å²) in [7, 11) is 1.53. The van der Waals surface area contributed by atoms with Crippen LogP contribution in [0, 0.1) is 0 Å². The molecule has 1 amide bonds. The fourth-order valence-electron chi connectivity index (χ4n) is 3.29. The molecule has 1 aromatic heterocycles. The number of nitrogens with one attached hydrogen (secondary N) is 1. The van der Waals surface area contributed by atoms with Crippen molar-refractivity contribution in [3.05, 3.63) is 52.8 Å². The number of nitrogens with zero attached hydrogens (tertiary/aromatic N) is 2. The molecule has 0 saturated carbocycles. The summed E-state index contributed by atoms with van der Waals surface area (Å²) in [6, 6.07) is 12.4. The number of methoxy groups -OCH3 is 1. The smallest absolute Gasteiger partial charge is 0.260 e. The van der Waals surface area contributed by atoms with E-state index in [1.54, 1.807) is 36.4 Å². The van der Waals surface area contributed by atoms with E-state index < -0.39 is 0 Å². The Morgan fingerprint density at radius 1 is 1.07 bits per heavy atom. The van der Waals surface area contributed by atoms with Crippen molar-refractivity contribution >= 4 is 16.8 Å². The normalized spacial score (nSPS) is 10.8. The number of hydrogen-bond acceptors (Lipinski definition) is 5. The van der Waals surface area contributed by atoms with Crippen molar-refractivity contribution < 1.29 is 14.3 Å². The van der Waals surface area contributed by atoms with E-state index in [0.717, 1.165) is 12.8 Å². The molecule has 0 unspecified atom stereocenters. The average Bonchev–Trinajstić information content (AvgIpc) is 2.77. The summed E-state index contributed by atoms with van der Waals surface area (Å²) in [5, 5.41) is 0.537. The molecule has 1 N–H and O–H groups in total. The number of amides is 1. The van der Waals surface area contributed by atoms with Crippen LogP contribution < -0.4 is 15.0 Å². The number of ether oxygens (including phenoxy) is 2. The first kappa shape index (κ1) is 21.4. The van der Waals surface area contributed by atoms with Crippen LogP contribution in [-0.4, -0.2) is 47.6 Å². The van der Waals surface area contributed by atoms with E-state index in [9.17, 15) is 9.59 Å². The minimum Gasteiger partial charge on any atom is -0.493 e. The second kappa shape index (κ2) is 9.91. The summed E-state index contributed by atoms with van der Waals surface area (Å²) in [5.41, 5.74) is 1.10. The average molecular weight is 409 g/mol. The molecule has 0 saturated heterocycles. The molecule has 0 aliphatic heterocycles. The van der Waals surface area contributed by atoms with Crippen molar-refractivity contribution in [1.29, 1.82) is 0 Å². The van der Waals surface area contributed by atoms with Crippen LogP contribution in [0.25, 0.3) is 22.3 Å². The van der Waals surface area contributed by atoms with Crippen LogP contribution in [0.1, 0.15) is 26.7 Å². The Kier molecular flexibility index (Phi) is 7.06. The molecule has 2 aromatic carbocycles. The van der Waals surface area contributed by atoms with E-state index in [2.05, 4.69) is 9.97 Å². The van der Waals surface area contributed by atoms with Gasteiger partial charge in [-0.2, -0.15) is 0 Å². The number of H-pyrrole nitrogens is 1. The fourth-order valence-corrected chi connectivity index (χ4v) is 3.29. The molecule has 7 nitrogen and oxygen atoms in total. The van der Waals surface area contributed by atoms with Gasteiger partial charge in [-0.15, -0.1) is 0 Å². The van der Waals surface area contributed by atoms with Crippen molar-refractivity contribution in [2.45, 2.75) is 26.7 Å². The van der Waals surface area contributed by atoms with Crippen molar-refractivity contribution in [3.63, 3.8) is 0 Å². The predicted molar refractivity (Wildman–Crippen MR) is 117 cm³/mol. The zero-order chi connectivity index (χ0) is 21.5. The van der Waals surface area contributed by atoms with Gasteiger partial charge >= 0.3 is 0 Å². The van der Waals surface area contributed by atoms with Gasteiger partial charge in [-0.3, -0.25) is 9.59 Å². The molecule has 0 spiro atoms. The molecular formula is C23H27N3O4. The quantitative estimate of drug-likeness (QED) is 0.583. The Bertz CT molecular complexity index is 1070. The molecular weight excluding hydrogens is 382 g/mol. The van der Waals surface area contributed by atoms with Crippen LogP contribution in [0.2, 0.25) is 0 Å². The highest BCUT2D eigenvalue weighted by atomic mass is 16.5. The van der Waals surface area contributed by atoms with Gasteiger partial charge in [0.15, 0.2) is 18.1 Å². The van der Waals surface area contributed by atoms with Crippen molar-refractivity contribution in [1.82, 2.24) is 14.9 Å². The summed E-state index contributed by atoms with van der Waals surface area (Å²) in [4.78, 5) is 34.0. The first-order chi connectivity index (χ1) is 14.6. The van der Waals surface area contributed by atoms with E-state index in [0.29, 0.717) is 46.9 Å². The first-order valence-corrected chi connectivity index (χ1v) is 10.1. The van der Waals surface area contributed by atoms with Gasteiger partial charge in [-0.25, -0.2) is 4.98 Å². The molecule has 0 aliphatic rings. The maximum Gasteiger partial charge on any atom is 0.260 e. The molecule has 158 valence electrons. The summed E-state index contributed by atoms with van der Waals surface area (Å²) in [6.45, 7) is 5.47. The number of carbonyl (C=O) groups excluding carboxylic acids is 1. The van der Waals surface area contributed by atoms with Gasteiger partial charge in [-0.05, 0) is 43.2 Å². The zero-order valence-corrected chi connectivity index (χ0v) is 17.6. The highest BCUT2D eigenvalue weighted by Crippen LogP contribution is 2.31. The lowest BCUT2D eigenvalue weighted by Crippen LogP contribution is -2.36. The summed E-state index contributed by atoms with van der Waals surface area (Å²) in [6.07, 6.45) is 1.81. The standard InChI is InChI=1S/C23H27N3O4/c1-4-12-26(13-5-2)21(27)15-30-19-11-10-16(14-20(19)29-3)22-24-18-9-7-6-8-17(18)23(28)25-22/h6-11,14H,4-5,12-13,15H2,1-3H3,(H,24,25,28). The van der Waals surface area contributed by atoms with Crippen molar-refractivity contribution in [2.24, 2.45) is 0 Å². The van der Waals surface area contributed by atoms with E-state index >= 15 is 0 Å². The van der Waals surface area contributed by atoms with Gasteiger partial charge < -0.3 is 19.4 Å². The van der Waals surface area contributed by atoms with Crippen molar-refractivity contribution in [2.75, 3.05) is 26.8 Å². The van der Waals surface area contributed by atoms with E-state index in [4.69, 9.17) is 9.47 Å². The maximum atomic E-state index is 12.5. The van der Waals surface area contributed by atoms with Gasteiger partial charge in [0, 0.05) is 18.7 Å². The summed E-state index contributed by atoms with van der Waals surface area (Å²) >= 11 is 0. The van der Waals surface area contributed by atoms with Gasteiger partial charge in [0.25, 0.3) is 11.5 Å². The predicted octanol–water partition coefficient (Wildman–Crippen LogP) is 3.63. The number of fused-ring (bicyclic) bond motifs is 1. The molecule has 0 aliphatic carbocycles. The summed E-state index contributed by atoms with van der Waals surface area (Å²) in [5.74, 6) is 1.32. The lowest BCUT2D eigenvalue weighted by Gasteiger charge is -2.21. The third-order valence-corrected chi connectivity index (χ3v) is 4.74. The molecule has 0 radical (unpaired) electrons. The van der Waals surface area contributed by atoms with Crippen molar-refractivity contribution in [3.8, 4) is 22.9 Å². The Morgan fingerprint density at radius 3 is 2.50 bits per heavy atom. The van der Waals surface area contributed by atoms with Crippen LogP contribution in [0.4, 0.5) is 0 Å². The number of benzene rings is 2. The van der Waals surface area contributed by atoms with Gasteiger partial charge in [0.2, 0.25) is 0 Å². The highest BCUT2D eigenvalue weighted by molar-refractivity contribution is 5.80. The second-order valence-corrected chi connectivity index (χ2v) is 6.97. The van der Waals surface area contributed by atoms with Gasteiger partial charge in [0.05, 0.1) is 18.0 Å². The topological polar surface area (TPSA) is 84.5 Å². The number of para-hydroxylation sites is 1. The largest absolute Gasteiger partial charge is 0.493 e. The Hall–Kier alpha value is -3.35. The SMILES string of the molecule is CCCN(CCC)C(=O)COc1ccc(-c2nc3ccccc3c(=O)[nH]2)cc1OC. The Morgan fingerprint density at radius 2 is 1.80 bits per heavy atom. The minimum atomic E-state index is -0.201. The Labute approximate surface area is 175 Å². The van der Waals surface area contributed by atoms with Gasteiger partial charge in [0.1, 0.15) is 5.82 Å². The van der Waals surface area contributed by atoms with Crippen LogP contribution in [0.15, 0.2) is 47.3 Å². The van der Waals surface area contributed by atoms with Gasteiger partial charge in [-0.1, -0.05) is 26.0 Å². The van der Waals surface area contributed by atoms with E-state index in [-0.39, 0.29) is 18.1 Å². The molecule has 7 heteroatoms. The lowest BCUT2D eigenvalue weighted by atomic mass is 10.1.